The highest BCUT2D eigenvalue weighted by Gasteiger charge is 2.36. The van der Waals surface area contributed by atoms with E-state index >= 15 is 0 Å². The summed E-state index contributed by atoms with van der Waals surface area (Å²) in [6.07, 6.45) is 5.35. The summed E-state index contributed by atoms with van der Waals surface area (Å²) in [5.41, 5.74) is 1.10. The summed E-state index contributed by atoms with van der Waals surface area (Å²) in [6, 6.07) is 8.14. The Balaban J connectivity index is 0.00000341. The second-order valence-electron chi connectivity index (χ2n) is 8.06. The molecule has 6 nitrogen and oxygen atoms in total. The Bertz CT molecular complexity index is 665. The summed E-state index contributed by atoms with van der Waals surface area (Å²) in [6.45, 7) is 8.21. The smallest absolute Gasteiger partial charge is 0.191 e. The van der Waals surface area contributed by atoms with Crippen molar-refractivity contribution < 1.29 is 14.2 Å². The van der Waals surface area contributed by atoms with Gasteiger partial charge in [-0.1, -0.05) is 29.8 Å². The predicted molar refractivity (Wildman–Crippen MR) is 137 cm³/mol. The SMILES string of the molecule is CCNC(=NCC1(c2ccccc2Cl)CCOCC1)NCCCOCC1CCCO1.I. The molecular formula is C23H37ClIN3O3. The zero-order valence-corrected chi connectivity index (χ0v) is 21.6. The molecule has 8 heteroatoms. The fraction of sp³-hybridized carbons (Fsp3) is 0.696. The molecule has 0 spiro atoms. The fourth-order valence-corrected chi connectivity index (χ4v) is 4.45. The summed E-state index contributed by atoms with van der Waals surface area (Å²) in [5.74, 6) is 0.842. The molecule has 1 aromatic carbocycles. The molecule has 2 N–H and O–H groups in total. The maximum atomic E-state index is 6.56. The molecule has 0 aliphatic carbocycles. The molecule has 31 heavy (non-hydrogen) atoms. The second-order valence-corrected chi connectivity index (χ2v) is 8.47. The molecule has 0 radical (unpaired) electrons. The standard InChI is InChI=1S/C23H36ClN3O3.HI/c1-2-25-22(26-12-6-13-29-17-19-7-5-14-30-19)27-18-23(10-15-28-16-11-23)20-8-3-4-9-21(20)24;/h3-4,8-9,19H,2,5-7,10-18H2,1H3,(H2,25,26,27);1H. The number of hydrogen-bond acceptors (Lipinski definition) is 4. The molecule has 2 fully saturated rings. The number of guanidine groups is 1. The summed E-state index contributed by atoms with van der Waals surface area (Å²) >= 11 is 6.56. The lowest BCUT2D eigenvalue weighted by molar-refractivity contribution is 0.0168. The summed E-state index contributed by atoms with van der Waals surface area (Å²) in [5, 5.41) is 7.61. The molecule has 2 heterocycles. The molecule has 1 unspecified atom stereocenters. The van der Waals surface area contributed by atoms with Crippen LogP contribution >= 0.6 is 35.6 Å². The quantitative estimate of drug-likeness (QED) is 0.193. The molecule has 0 bridgehead atoms. The van der Waals surface area contributed by atoms with Crippen molar-refractivity contribution in [3.8, 4) is 0 Å². The predicted octanol–water partition coefficient (Wildman–Crippen LogP) is 4.15. The van der Waals surface area contributed by atoms with E-state index in [4.69, 9.17) is 30.8 Å². The lowest BCUT2D eigenvalue weighted by Gasteiger charge is -2.37. The van der Waals surface area contributed by atoms with Crippen LogP contribution in [0.5, 0.6) is 0 Å². The van der Waals surface area contributed by atoms with Gasteiger partial charge in [0.15, 0.2) is 5.96 Å². The lowest BCUT2D eigenvalue weighted by atomic mass is 9.74. The van der Waals surface area contributed by atoms with E-state index in [1.54, 1.807) is 0 Å². The van der Waals surface area contributed by atoms with Crippen molar-refractivity contribution >= 4 is 41.5 Å². The molecule has 2 saturated heterocycles. The van der Waals surface area contributed by atoms with Crippen LogP contribution in [-0.4, -0.2) is 64.7 Å². The fourth-order valence-electron chi connectivity index (χ4n) is 4.11. The first-order valence-corrected chi connectivity index (χ1v) is 11.7. The van der Waals surface area contributed by atoms with Gasteiger partial charge in [-0.25, -0.2) is 0 Å². The minimum atomic E-state index is -0.0800. The van der Waals surface area contributed by atoms with Gasteiger partial charge in [0, 0.05) is 50.0 Å². The number of aliphatic imine (C=N–C) groups is 1. The van der Waals surface area contributed by atoms with Gasteiger partial charge in [-0.2, -0.15) is 0 Å². The van der Waals surface area contributed by atoms with Crippen molar-refractivity contribution in [2.45, 2.75) is 50.5 Å². The topological polar surface area (TPSA) is 64.1 Å². The van der Waals surface area contributed by atoms with Crippen LogP contribution in [0.4, 0.5) is 0 Å². The van der Waals surface area contributed by atoms with Gasteiger partial charge in [-0.05, 0) is 50.7 Å². The van der Waals surface area contributed by atoms with Gasteiger partial charge in [-0.15, -0.1) is 24.0 Å². The normalized spacial score (nSPS) is 20.8. The van der Waals surface area contributed by atoms with E-state index < -0.39 is 0 Å². The third kappa shape index (κ3) is 8.35. The van der Waals surface area contributed by atoms with E-state index in [1.165, 1.54) is 5.56 Å². The third-order valence-corrected chi connectivity index (χ3v) is 6.19. The zero-order chi connectivity index (χ0) is 21.1. The highest BCUT2D eigenvalue weighted by atomic mass is 127. The number of nitrogens with one attached hydrogen (secondary N) is 2. The van der Waals surface area contributed by atoms with Gasteiger partial charge in [0.25, 0.3) is 0 Å². The molecule has 0 aromatic heterocycles. The van der Waals surface area contributed by atoms with Gasteiger partial charge < -0.3 is 24.8 Å². The van der Waals surface area contributed by atoms with Crippen LogP contribution < -0.4 is 10.6 Å². The Kier molecular flexibility index (Phi) is 12.5. The van der Waals surface area contributed by atoms with E-state index in [0.29, 0.717) is 13.2 Å². The number of hydrogen-bond donors (Lipinski definition) is 2. The van der Waals surface area contributed by atoms with E-state index in [2.05, 4.69) is 29.7 Å². The van der Waals surface area contributed by atoms with Gasteiger partial charge in [0.05, 0.1) is 19.3 Å². The average molecular weight is 566 g/mol. The largest absolute Gasteiger partial charge is 0.381 e. The van der Waals surface area contributed by atoms with Crippen LogP contribution in [0, 0.1) is 0 Å². The van der Waals surface area contributed by atoms with Crippen molar-refractivity contribution in [2.75, 3.05) is 52.7 Å². The number of benzene rings is 1. The van der Waals surface area contributed by atoms with Crippen LogP contribution in [0.2, 0.25) is 5.02 Å². The Labute approximate surface area is 208 Å². The molecule has 2 aliphatic heterocycles. The van der Waals surface area contributed by atoms with Crippen LogP contribution in [0.25, 0.3) is 0 Å². The molecule has 2 aliphatic rings. The first kappa shape index (κ1) is 26.6. The molecule has 3 rings (SSSR count). The Morgan fingerprint density at radius 2 is 2.03 bits per heavy atom. The molecule has 0 saturated carbocycles. The summed E-state index contributed by atoms with van der Waals surface area (Å²) in [4.78, 5) is 4.93. The Morgan fingerprint density at radius 3 is 2.74 bits per heavy atom. The van der Waals surface area contributed by atoms with Gasteiger partial charge in [0.2, 0.25) is 0 Å². The van der Waals surface area contributed by atoms with Crippen molar-refractivity contribution in [1.82, 2.24) is 10.6 Å². The minimum Gasteiger partial charge on any atom is -0.381 e. The van der Waals surface area contributed by atoms with Crippen LogP contribution in [0.3, 0.4) is 0 Å². The molecule has 1 aromatic rings. The summed E-state index contributed by atoms with van der Waals surface area (Å²) < 4.78 is 17.0. The number of nitrogens with zero attached hydrogens (tertiary/aromatic N) is 1. The molecule has 176 valence electrons. The van der Waals surface area contributed by atoms with Crippen molar-refractivity contribution in [3.05, 3.63) is 34.9 Å². The first-order chi connectivity index (χ1) is 14.7. The lowest BCUT2D eigenvalue weighted by Crippen LogP contribution is -2.41. The Morgan fingerprint density at radius 1 is 1.23 bits per heavy atom. The van der Waals surface area contributed by atoms with Gasteiger partial charge in [0.1, 0.15) is 0 Å². The second kappa shape index (κ2) is 14.5. The number of rotatable bonds is 10. The highest BCUT2D eigenvalue weighted by molar-refractivity contribution is 14.0. The van der Waals surface area contributed by atoms with Crippen molar-refractivity contribution in [1.29, 1.82) is 0 Å². The van der Waals surface area contributed by atoms with Crippen LogP contribution in [-0.2, 0) is 19.6 Å². The van der Waals surface area contributed by atoms with E-state index in [-0.39, 0.29) is 35.5 Å². The highest BCUT2D eigenvalue weighted by Crippen LogP contribution is 2.38. The number of halogens is 2. The minimum absolute atomic E-state index is 0. The molecule has 0 amide bonds. The molecular weight excluding hydrogens is 529 g/mol. The third-order valence-electron chi connectivity index (χ3n) is 5.86. The van der Waals surface area contributed by atoms with Crippen LogP contribution in [0.1, 0.15) is 44.6 Å². The van der Waals surface area contributed by atoms with Crippen molar-refractivity contribution in [3.63, 3.8) is 0 Å². The van der Waals surface area contributed by atoms with E-state index in [1.807, 2.05) is 12.1 Å². The van der Waals surface area contributed by atoms with E-state index in [0.717, 1.165) is 82.6 Å². The molecule has 1 atom stereocenters. The van der Waals surface area contributed by atoms with Gasteiger partial charge in [-0.3, -0.25) is 4.99 Å². The van der Waals surface area contributed by atoms with Crippen molar-refractivity contribution in [2.24, 2.45) is 4.99 Å². The zero-order valence-electron chi connectivity index (χ0n) is 18.5. The maximum Gasteiger partial charge on any atom is 0.191 e. The van der Waals surface area contributed by atoms with Crippen LogP contribution in [0.15, 0.2) is 29.3 Å². The summed E-state index contributed by atoms with van der Waals surface area (Å²) in [7, 11) is 0. The van der Waals surface area contributed by atoms with Gasteiger partial charge >= 0.3 is 0 Å². The van der Waals surface area contributed by atoms with E-state index in [9.17, 15) is 0 Å². The average Bonchev–Trinajstić information content (AvgIpc) is 3.29. The first-order valence-electron chi connectivity index (χ1n) is 11.3. The number of ether oxygens (including phenoxy) is 3. The maximum absolute atomic E-state index is 6.56. The monoisotopic (exact) mass is 565 g/mol. The Hall–Kier alpha value is -0.610.